The third-order valence-corrected chi connectivity index (χ3v) is 4.19. The molecule has 0 bridgehead atoms. The molecule has 4 heteroatoms. The first-order valence-corrected chi connectivity index (χ1v) is 8.53. The predicted molar refractivity (Wildman–Crippen MR) is 101 cm³/mol. The van der Waals surface area contributed by atoms with Gasteiger partial charge in [-0.25, -0.2) is 0 Å². The van der Waals surface area contributed by atoms with Crippen LogP contribution in [0.25, 0.3) is 0 Å². The van der Waals surface area contributed by atoms with Gasteiger partial charge >= 0.3 is 0 Å². The zero-order valence-electron chi connectivity index (χ0n) is 12.9. The zero-order chi connectivity index (χ0) is 15.9. The Hall–Kier alpha value is -1.78. The molecule has 0 saturated heterocycles. The highest BCUT2D eigenvalue weighted by molar-refractivity contribution is 8.02. The maximum atomic E-state index is 5.51. The van der Waals surface area contributed by atoms with Crippen molar-refractivity contribution in [2.24, 2.45) is 0 Å². The Bertz CT molecular complexity index is 660. The van der Waals surface area contributed by atoms with Crippen LogP contribution in [0.2, 0.25) is 0 Å². The minimum absolute atomic E-state index is 0.798. The van der Waals surface area contributed by atoms with Crippen molar-refractivity contribution in [2.45, 2.75) is 6.92 Å². The van der Waals surface area contributed by atoms with E-state index < -0.39 is 0 Å². The van der Waals surface area contributed by atoms with Crippen molar-refractivity contribution < 1.29 is 4.74 Å². The summed E-state index contributed by atoms with van der Waals surface area (Å²) in [5.74, 6) is 0.832. The third kappa shape index (κ3) is 4.61. The number of benzene rings is 2. The molecule has 2 rings (SSSR count). The molecule has 2 aromatic carbocycles. The number of nitrogens with one attached hydrogen (secondary N) is 1. The lowest BCUT2D eigenvalue weighted by Gasteiger charge is -2.10. The van der Waals surface area contributed by atoms with E-state index in [1.165, 1.54) is 5.56 Å². The molecule has 0 spiro atoms. The number of thiocarbonyl (C=S) groups is 1. The molecule has 2 nitrogen and oxygen atoms in total. The first-order valence-electron chi connectivity index (χ1n) is 6.90. The molecule has 1 N–H and O–H groups in total. The molecule has 0 heterocycles. The largest absolute Gasteiger partial charge is 0.497 e. The second-order valence-corrected chi connectivity index (χ2v) is 6.08. The molecule has 0 atom stereocenters. The van der Waals surface area contributed by atoms with E-state index in [0.717, 1.165) is 26.9 Å². The second kappa shape index (κ2) is 8.01. The van der Waals surface area contributed by atoms with E-state index in [1.54, 1.807) is 18.9 Å². The summed E-state index contributed by atoms with van der Waals surface area (Å²) < 4.78 is 5.16. The summed E-state index contributed by atoms with van der Waals surface area (Å²) in [4.78, 5) is 0.798. The predicted octanol–water partition coefficient (Wildman–Crippen LogP) is 5.04. The lowest BCUT2D eigenvalue weighted by Crippen LogP contribution is -2.00. The van der Waals surface area contributed by atoms with Crippen molar-refractivity contribution in [1.82, 2.24) is 0 Å². The van der Waals surface area contributed by atoms with E-state index in [2.05, 4.69) is 36.5 Å². The van der Waals surface area contributed by atoms with Crippen molar-refractivity contribution in [3.63, 3.8) is 0 Å². The Morgan fingerprint density at radius 3 is 2.27 bits per heavy atom. The summed E-state index contributed by atoms with van der Waals surface area (Å²) in [6, 6.07) is 16.1. The van der Waals surface area contributed by atoms with E-state index in [0.29, 0.717) is 0 Å². The summed E-state index contributed by atoms with van der Waals surface area (Å²) in [5.41, 5.74) is 3.31. The number of rotatable bonds is 6. The quantitative estimate of drug-likeness (QED) is 0.455. The van der Waals surface area contributed by atoms with Gasteiger partial charge < -0.3 is 10.1 Å². The number of aryl methyl sites for hydroxylation is 1. The summed E-state index contributed by atoms with van der Waals surface area (Å²) in [6.45, 7) is 2.08. The van der Waals surface area contributed by atoms with Crippen molar-refractivity contribution in [2.75, 3.05) is 18.7 Å². The number of hydrogen-bond acceptors (Lipinski definition) is 4. The first-order chi connectivity index (χ1) is 10.6. The van der Waals surface area contributed by atoms with Gasteiger partial charge in [-0.3, -0.25) is 0 Å². The van der Waals surface area contributed by atoms with Gasteiger partial charge in [-0.1, -0.05) is 29.9 Å². The number of methoxy groups -OCH3 is 1. The minimum Gasteiger partial charge on any atom is -0.497 e. The van der Waals surface area contributed by atoms with Crippen molar-refractivity contribution in [3.05, 3.63) is 70.8 Å². The highest BCUT2D eigenvalue weighted by Crippen LogP contribution is 2.20. The fourth-order valence-electron chi connectivity index (χ4n) is 1.88. The van der Waals surface area contributed by atoms with E-state index in [1.807, 2.05) is 36.6 Å². The van der Waals surface area contributed by atoms with Gasteiger partial charge in [-0.15, -0.1) is 11.8 Å². The normalized spacial score (nSPS) is 11.1. The second-order valence-electron chi connectivity index (χ2n) is 4.80. The maximum absolute atomic E-state index is 5.51. The Morgan fingerprint density at radius 2 is 1.73 bits per heavy atom. The summed E-state index contributed by atoms with van der Waals surface area (Å²) >= 11 is 7.15. The molecular formula is C18H19NOS2. The summed E-state index contributed by atoms with van der Waals surface area (Å²) in [6.07, 6.45) is 4.02. The van der Waals surface area contributed by atoms with Crippen LogP contribution in [0, 0.1) is 6.92 Å². The van der Waals surface area contributed by atoms with Crippen molar-refractivity contribution in [1.29, 1.82) is 0 Å². The topological polar surface area (TPSA) is 21.3 Å². The average Bonchev–Trinajstić information content (AvgIpc) is 2.56. The lowest BCUT2D eigenvalue weighted by molar-refractivity contribution is 0.415. The van der Waals surface area contributed by atoms with Crippen LogP contribution < -0.4 is 10.1 Å². The van der Waals surface area contributed by atoms with Gasteiger partial charge in [0.15, 0.2) is 0 Å². The van der Waals surface area contributed by atoms with Crippen LogP contribution in [-0.2, 0) is 0 Å². The van der Waals surface area contributed by atoms with Gasteiger partial charge in [0.1, 0.15) is 5.75 Å². The molecule has 0 amide bonds. The Balaban J connectivity index is 2.12. The van der Waals surface area contributed by atoms with Crippen molar-refractivity contribution in [3.8, 4) is 5.75 Å². The van der Waals surface area contributed by atoms with Gasteiger partial charge in [0.25, 0.3) is 0 Å². The number of ether oxygens (including phenoxy) is 1. The number of anilines is 1. The van der Waals surface area contributed by atoms with Crippen molar-refractivity contribution >= 4 is 34.5 Å². The highest BCUT2D eigenvalue weighted by atomic mass is 32.2. The molecule has 0 unspecified atom stereocenters. The molecule has 0 aromatic heterocycles. The van der Waals surface area contributed by atoms with Gasteiger partial charge in [0.05, 0.1) is 12.1 Å². The van der Waals surface area contributed by atoms with Gasteiger partial charge in [-0.2, -0.15) is 0 Å². The third-order valence-electron chi connectivity index (χ3n) is 3.18. The number of hydrogen-bond donors (Lipinski definition) is 1. The Labute approximate surface area is 141 Å². The molecule has 0 fully saturated rings. The van der Waals surface area contributed by atoms with Gasteiger partial charge in [-0.05, 0) is 61.2 Å². The van der Waals surface area contributed by atoms with E-state index in [4.69, 9.17) is 17.0 Å². The molecule has 0 aliphatic carbocycles. The van der Waals surface area contributed by atoms with Crippen LogP contribution in [0.3, 0.4) is 0 Å². The maximum Gasteiger partial charge on any atom is 0.118 e. The molecule has 114 valence electrons. The standard InChI is InChI=1S/C18H19NOS2/c1-13-4-8-15(9-5-13)19-18(22-3)12-17(21)14-6-10-16(20-2)11-7-14/h4-12,19H,1-3H3/b18-12+. The lowest BCUT2D eigenvalue weighted by atomic mass is 10.1. The molecule has 0 saturated carbocycles. The van der Waals surface area contributed by atoms with E-state index in [-0.39, 0.29) is 0 Å². The molecule has 0 aliphatic rings. The average molecular weight is 329 g/mol. The zero-order valence-corrected chi connectivity index (χ0v) is 14.6. The molecule has 0 radical (unpaired) electrons. The van der Waals surface area contributed by atoms with Gasteiger partial charge in [0.2, 0.25) is 0 Å². The number of allylic oxidation sites excluding steroid dienone is 1. The fourth-order valence-corrected chi connectivity index (χ4v) is 2.67. The first kappa shape index (κ1) is 16.6. The molecule has 2 aromatic rings. The van der Waals surface area contributed by atoms with Crippen LogP contribution >= 0.6 is 24.0 Å². The van der Waals surface area contributed by atoms with E-state index >= 15 is 0 Å². The fraction of sp³-hybridized carbons (Fsp3) is 0.167. The van der Waals surface area contributed by atoms with Crippen LogP contribution in [0.5, 0.6) is 5.75 Å². The van der Waals surface area contributed by atoms with Gasteiger partial charge in [0, 0.05) is 10.6 Å². The molecule has 22 heavy (non-hydrogen) atoms. The van der Waals surface area contributed by atoms with Crippen LogP contribution in [0.4, 0.5) is 5.69 Å². The Morgan fingerprint density at radius 1 is 1.09 bits per heavy atom. The smallest absolute Gasteiger partial charge is 0.118 e. The van der Waals surface area contributed by atoms with Crippen LogP contribution in [0.15, 0.2) is 59.6 Å². The minimum atomic E-state index is 0.798. The van der Waals surface area contributed by atoms with Crippen LogP contribution in [0.1, 0.15) is 11.1 Å². The summed E-state index contributed by atoms with van der Waals surface area (Å²) in [5, 5.41) is 4.41. The number of thioether (sulfide) groups is 1. The molecule has 0 aliphatic heterocycles. The van der Waals surface area contributed by atoms with Crippen LogP contribution in [-0.4, -0.2) is 18.2 Å². The molecular weight excluding hydrogens is 310 g/mol. The van der Waals surface area contributed by atoms with E-state index in [9.17, 15) is 0 Å². The highest BCUT2D eigenvalue weighted by Gasteiger charge is 2.03. The Kier molecular flexibility index (Phi) is 6.04. The summed E-state index contributed by atoms with van der Waals surface area (Å²) in [7, 11) is 1.66. The SMILES string of the molecule is COc1ccc(C(=S)/C=C(\Nc2ccc(C)cc2)SC)cc1. The monoisotopic (exact) mass is 329 g/mol.